The molecule has 0 radical (unpaired) electrons. The number of methoxy groups -OCH3 is 1. The lowest BCUT2D eigenvalue weighted by Crippen LogP contribution is -2.54. The molecule has 0 unspecified atom stereocenters. The number of ether oxygens (including phenoxy) is 2. The van der Waals surface area contributed by atoms with E-state index in [2.05, 4.69) is 16.7 Å². The lowest BCUT2D eigenvalue weighted by molar-refractivity contribution is -0.123. The van der Waals surface area contributed by atoms with Gasteiger partial charge in [-0.3, -0.25) is 9.59 Å². The zero-order chi connectivity index (χ0) is 26.9. The number of para-hydroxylation sites is 2. The predicted octanol–water partition coefficient (Wildman–Crippen LogP) is 3.95. The van der Waals surface area contributed by atoms with Gasteiger partial charge in [-0.25, -0.2) is 4.98 Å². The summed E-state index contributed by atoms with van der Waals surface area (Å²) in [6.45, 7) is 1.10. The predicted molar refractivity (Wildman–Crippen MR) is 147 cm³/mol. The highest BCUT2D eigenvalue weighted by Gasteiger charge is 2.40. The molecule has 0 bridgehead atoms. The number of fused-ring (bicyclic) bond motifs is 2. The summed E-state index contributed by atoms with van der Waals surface area (Å²) in [5.41, 5.74) is 4.22. The number of hydrogen-bond acceptors (Lipinski definition) is 5. The number of aromatic nitrogens is 2. The maximum atomic E-state index is 13.9. The molecule has 39 heavy (non-hydrogen) atoms. The zero-order valence-corrected chi connectivity index (χ0v) is 22.0. The molecule has 0 saturated heterocycles. The summed E-state index contributed by atoms with van der Waals surface area (Å²) >= 11 is 0. The van der Waals surface area contributed by atoms with Crippen molar-refractivity contribution in [1.29, 1.82) is 0 Å². The number of carbonyl (C=O) groups excluding carboxylic acids is 2. The molecule has 3 heterocycles. The van der Waals surface area contributed by atoms with E-state index in [9.17, 15) is 9.59 Å². The van der Waals surface area contributed by atoms with E-state index in [0.29, 0.717) is 43.1 Å². The van der Waals surface area contributed by atoms with E-state index in [1.54, 1.807) is 24.0 Å². The summed E-state index contributed by atoms with van der Waals surface area (Å²) in [7, 11) is 3.38. The third kappa shape index (κ3) is 4.63. The third-order valence-corrected chi connectivity index (χ3v) is 7.52. The number of amides is 2. The first-order valence-electron chi connectivity index (χ1n) is 13.1. The van der Waals surface area contributed by atoms with E-state index in [1.165, 1.54) is 0 Å². The van der Waals surface area contributed by atoms with Gasteiger partial charge in [0.15, 0.2) is 0 Å². The highest BCUT2D eigenvalue weighted by atomic mass is 16.5. The van der Waals surface area contributed by atoms with Crippen LogP contribution in [0.25, 0.3) is 0 Å². The number of benzene rings is 3. The molecule has 1 atom stereocenters. The van der Waals surface area contributed by atoms with E-state index in [4.69, 9.17) is 14.5 Å². The molecule has 2 aliphatic heterocycles. The molecule has 0 N–H and O–H groups in total. The Morgan fingerprint density at radius 3 is 2.46 bits per heavy atom. The highest BCUT2D eigenvalue weighted by Crippen LogP contribution is 2.32. The van der Waals surface area contributed by atoms with Crippen LogP contribution >= 0.6 is 0 Å². The molecule has 2 amide bonds. The second-order valence-corrected chi connectivity index (χ2v) is 9.86. The van der Waals surface area contributed by atoms with Crippen LogP contribution in [0.5, 0.6) is 11.5 Å². The van der Waals surface area contributed by atoms with Crippen LogP contribution in [0, 0.1) is 0 Å². The summed E-state index contributed by atoms with van der Waals surface area (Å²) in [5, 5.41) is 0. The second-order valence-electron chi connectivity index (χ2n) is 9.86. The first-order chi connectivity index (χ1) is 19.0. The quantitative estimate of drug-likeness (QED) is 0.383. The molecule has 0 aliphatic carbocycles. The molecule has 8 heteroatoms. The molecular weight excluding hydrogens is 492 g/mol. The summed E-state index contributed by atoms with van der Waals surface area (Å²) in [4.78, 5) is 35.5. The van der Waals surface area contributed by atoms with Gasteiger partial charge in [-0.2, -0.15) is 0 Å². The fraction of sp³-hybridized carbons (Fsp3) is 0.258. The topological polar surface area (TPSA) is 76.9 Å². The number of imidazole rings is 1. The Bertz CT molecular complexity index is 1510. The molecule has 6 rings (SSSR count). The van der Waals surface area contributed by atoms with Crippen LogP contribution in [0.1, 0.15) is 33.1 Å². The van der Waals surface area contributed by atoms with E-state index < -0.39 is 6.04 Å². The monoisotopic (exact) mass is 522 g/mol. The minimum Gasteiger partial charge on any atom is -0.497 e. The smallest absolute Gasteiger partial charge is 0.275 e. The largest absolute Gasteiger partial charge is 0.497 e. The molecule has 0 fully saturated rings. The van der Waals surface area contributed by atoms with Gasteiger partial charge in [-0.15, -0.1) is 0 Å². The lowest BCUT2D eigenvalue weighted by atomic mass is 10.1. The maximum Gasteiger partial charge on any atom is 0.275 e. The minimum atomic E-state index is -0.729. The Morgan fingerprint density at radius 1 is 0.949 bits per heavy atom. The molecule has 1 aromatic heterocycles. The van der Waals surface area contributed by atoms with Crippen molar-refractivity contribution in [2.75, 3.05) is 32.2 Å². The number of nitrogens with zero attached hydrogens (tertiary/aromatic N) is 4. The molecular formula is C31H30N4O4. The highest BCUT2D eigenvalue weighted by molar-refractivity contribution is 6.03. The van der Waals surface area contributed by atoms with Crippen molar-refractivity contribution in [3.8, 4) is 11.5 Å². The van der Waals surface area contributed by atoms with Gasteiger partial charge in [0.05, 0.1) is 18.5 Å². The van der Waals surface area contributed by atoms with E-state index in [-0.39, 0.29) is 18.4 Å². The summed E-state index contributed by atoms with van der Waals surface area (Å²) in [6, 6.07) is 24.8. The number of hydrogen-bond donors (Lipinski definition) is 0. The van der Waals surface area contributed by atoms with Gasteiger partial charge in [-0.05, 0) is 35.4 Å². The van der Waals surface area contributed by atoms with Crippen molar-refractivity contribution in [1.82, 2.24) is 14.5 Å². The Labute approximate surface area is 227 Å². The Balaban J connectivity index is 1.33. The second kappa shape index (κ2) is 10.3. The van der Waals surface area contributed by atoms with Gasteiger partial charge < -0.3 is 23.8 Å². The lowest BCUT2D eigenvalue weighted by Gasteiger charge is -2.33. The molecule has 4 aromatic rings. The van der Waals surface area contributed by atoms with Crippen molar-refractivity contribution < 1.29 is 19.1 Å². The Morgan fingerprint density at radius 2 is 1.69 bits per heavy atom. The number of carbonyl (C=O) groups is 2. The van der Waals surface area contributed by atoms with Crippen LogP contribution in [0.15, 0.2) is 78.9 Å². The molecule has 0 spiro atoms. The summed E-state index contributed by atoms with van der Waals surface area (Å²) in [6.07, 6.45) is 1.19. The first-order valence-corrected chi connectivity index (χ1v) is 13.1. The van der Waals surface area contributed by atoms with Crippen LogP contribution in [-0.4, -0.2) is 59.6 Å². The Hall–Kier alpha value is -4.59. The van der Waals surface area contributed by atoms with Crippen molar-refractivity contribution in [2.24, 2.45) is 0 Å². The van der Waals surface area contributed by atoms with Gasteiger partial charge in [0.1, 0.15) is 35.7 Å². The van der Waals surface area contributed by atoms with Crippen molar-refractivity contribution >= 4 is 17.5 Å². The molecule has 198 valence electrons. The van der Waals surface area contributed by atoms with Crippen molar-refractivity contribution in [2.45, 2.75) is 25.4 Å². The van der Waals surface area contributed by atoms with Crippen LogP contribution in [0.3, 0.4) is 0 Å². The third-order valence-electron chi connectivity index (χ3n) is 7.52. The van der Waals surface area contributed by atoms with Gasteiger partial charge in [-0.1, -0.05) is 54.6 Å². The summed E-state index contributed by atoms with van der Waals surface area (Å²) < 4.78 is 13.5. The fourth-order valence-electron chi connectivity index (χ4n) is 5.40. The number of likely N-dealkylation sites (N-methyl/N-ethyl adjacent to an activating group) is 1. The first kappa shape index (κ1) is 24.7. The number of rotatable bonds is 6. The molecule has 2 aliphatic rings. The molecule has 0 saturated carbocycles. The summed E-state index contributed by atoms with van der Waals surface area (Å²) in [5.74, 6) is 1.85. The number of anilines is 1. The van der Waals surface area contributed by atoms with E-state index >= 15 is 0 Å². The van der Waals surface area contributed by atoms with Crippen LogP contribution in [0.4, 0.5) is 5.69 Å². The Kier molecular flexibility index (Phi) is 6.52. The van der Waals surface area contributed by atoms with Gasteiger partial charge in [0.25, 0.3) is 11.8 Å². The van der Waals surface area contributed by atoms with E-state index in [1.807, 2.05) is 66.7 Å². The van der Waals surface area contributed by atoms with Crippen molar-refractivity contribution in [3.05, 3.63) is 107 Å². The maximum absolute atomic E-state index is 13.9. The van der Waals surface area contributed by atoms with Crippen LogP contribution in [-0.2, 0) is 24.2 Å². The van der Waals surface area contributed by atoms with Crippen LogP contribution < -0.4 is 14.4 Å². The van der Waals surface area contributed by atoms with Crippen LogP contribution in [0.2, 0.25) is 0 Å². The van der Waals surface area contributed by atoms with E-state index in [0.717, 1.165) is 28.4 Å². The van der Waals surface area contributed by atoms with Gasteiger partial charge >= 0.3 is 0 Å². The minimum absolute atomic E-state index is 0.102. The molecule has 8 nitrogen and oxygen atoms in total. The van der Waals surface area contributed by atoms with Gasteiger partial charge in [0, 0.05) is 33.0 Å². The average Bonchev–Trinajstić information content (AvgIpc) is 3.25. The normalized spacial score (nSPS) is 16.8. The standard InChI is InChI=1S/C31H30N4O4/c1-33-24-10-6-7-11-27(24)39-20-26(30(33)36)34-17-16-25-29(31(34)37)32-28(18-21-8-4-3-5-9-21)35(25)19-22-12-14-23(38-2)15-13-22/h3-15,26H,16-20H2,1-2H3/t26-/m0/s1. The van der Waals surface area contributed by atoms with Gasteiger partial charge in [0.2, 0.25) is 0 Å². The average molecular weight is 523 g/mol. The fourth-order valence-corrected chi connectivity index (χ4v) is 5.40. The molecule has 3 aromatic carbocycles. The zero-order valence-electron chi connectivity index (χ0n) is 22.0. The van der Waals surface area contributed by atoms with Crippen molar-refractivity contribution in [3.63, 3.8) is 0 Å². The SMILES string of the molecule is COc1ccc(Cn2c(Cc3ccccc3)nc3c2CCN([C@H]2COc4ccccc4N(C)C2=O)C3=O)cc1.